The Morgan fingerprint density at radius 2 is 1.00 bits per heavy atom. The minimum absolute atomic E-state index is 0.511. The maximum absolute atomic E-state index is 11.5. The molecule has 0 radical (unpaired) electrons. The first-order valence-electron chi connectivity index (χ1n) is 5.68. The van der Waals surface area contributed by atoms with Gasteiger partial charge in [-0.1, -0.05) is 0 Å². The molecule has 0 aliphatic heterocycles. The molecule has 0 saturated heterocycles. The Kier molecular flexibility index (Phi) is 3.71. The van der Waals surface area contributed by atoms with Crippen molar-refractivity contribution in [1.29, 1.82) is 0 Å². The Bertz CT molecular complexity index is 677. The summed E-state index contributed by atoms with van der Waals surface area (Å²) in [4.78, 5) is 11.5. The Balaban J connectivity index is 2.18. The van der Waals surface area contributed by atoms with Crippen molar-refractivity contribution in [2.45, 2.75) is 0 Å². The molecule has 0 aliphatic carbocycles. The van der Waals surface area contributed by atoms with E-state index in [9.17, 15) is 25.2 Å². The first-order valence-corrected chi connectivity index (χ1v) is 5.68. The number of phenolic OH excluding ortho intramolecular Hbond substituents is 6. The number of carbonyl (C=O) groups excluding carboxylic acids is 1. The van der Waals surface area contributed by atoms with Crippen molar-refractivity contribution in [3.8, 4) is 46.0 Å². The highest BCUT2D eigenvalue weighted by atomic mass is 16.7. The summed E-state index contributed by atoms with van der Waals surface area (Å²) >= 11 is 0. The number of hydrogen-bond acceptors (Lipinski definition) is 9. The zero-order valence-corrected chi connectivity index (χ0v) is 10.7. The van der Waals surface area contributed by atoms with E-state index in [0.29, 0.717) is 0 Å². The van der Waals surface area contributed by atoms with Gasteiger partial charge in [-0.05, 0) is 24.3 Å². The topological polar surface area (TPSA) is 157 Å². The molecule has 22 heavy (non-hydrogen) atoms. The van der Waals surface area contributed by atoms with E-state index in [2.05, 4.69) is 9.47 Å². The number of ether oxygens (including phenoxy) is 2. The quantitative estimate of drug-likeness (QED) is 0.274. The maximum Gasteiger partial charge on any atom is 0.519 e. The van der Waals surface area contributed by atoms with Crippen LogP contribution in [0, 0.1) is 0 Å². The van der Waals surface area contributed by atoms with E-state index in [1.807, 2.05) is 0 Å². The van der Waals surface area contributed by atoms with Gasteiger partial charge in [0, 0.05) is 0 Å². The van der Waals surface area contributed by atoms with Crippen LogP contribution >= 0.6 is 0 Å². The summed E-state index contributed by atoms with van der Waals surface area (Å²) in [6, 6.07) is 3.89. The fourth-order valence-electron chi connectivity index (χ4n) is 1.47. The van der Waals surface area contributed by atoms with Crippen LogP contribution in [0.15, 0.2) is 24.3 Å². The van der Waals surface area contributed by atoms with Crippen molar-refractivity contribution >= 4 is 6.16 Å². The minimum Gasteiger partial charge on any atom is -0.504 e. The summed E-state index contributed by atoms with van der Waals surface area (Å²) in [5, 5.41) is 55.7. The van der Waals surface area contributed by atoms with Crippen molar-refractivity contribution in [2.75, 3.05) is 0 Å². The van der Waals surface area contributed by atoms with Crippen molar-refractivity contribution in [3.63, 3.8) is 0 Å². The van der Waals surface area contributed by atoms with Crippen LogP contribution in [0.5, 0.6) is 46.0 Å². The summed E-state index contributed by atoms with van der Waals surface area (Å²) in [6.07, 6.45) is -1.42. The fourth-order valence-corrected chi connectivity index (χ4v) is 1.47. The molecule has 0 heterocycles. The molecule has 2 aromatic rings. The van der Waals surface area contributed by atoms with E-state index >= 15 is 0 Å². The van der Waals surface area contributed by atoms with E-state index in [0.717, 1.165) is 24.3 Å². The van der Waals surface area contributed by atoms with Crippen LogP contribution in [0.25, 0.3) is 0 Å². The lowest BCUT2D eigenvalue weighted by molar-refractivity contribution is 0.148. The molecule has 9 nitrogen and oxygen atoms in total. The van der Waals surface area contributed by atoms with Gasteiger partial charge in [-0.25, -0.2) is 4.79 Å². The number of phenols is 6. The lowest BCUT2D eigenvalue weighted by atomic mass is 10.2. The molecule has 2 aromatic carbocycles. The van der Waals surface area contributed by atoms with E-state index < -0.39 is 52.2 Å². The van der Waals surface area contributed by atoms with E-state index in [4.69, 9.17) is 10.2 Å². The first-order chi connectivity index (χ1) is 10.3. The van der Waals surface area contributed by atoms with Crippen molar-refractivity contribution in [2.24, 2.45) is 0 Å². The molecule has 0 fully saturated rings. The zero-order valence-electron chi connectivity index (χ0n) is 10.7. The largest absolute Gasteiger partial charge is 0.519 e. The highest BCUT2D eigenvalue weighted by molar-refractivity contribution is 5.72. The molecule has 0 unspecified atom stereocenters. The summed E-state index contributed by atoms with van der Waals surface area (Å²) in [6.45, 7) is 0. The van der Waals surface area contributed by atoms with Crippen LogP contribution < -0.4 is 9.47 Å². The molecule has 0 bridgehead atoms. The monoisotopic (exact) mass is 310 g/mol. The lowest BCUT2D eigenvalue weighted by Gasteiger charge is -2.10. The molecule has 0 atom stereocenters. The van der Waals surface area contributed by atoms with Gasteiger partial charge < -0.3 is 40.1 Å². The normalized spacial score (nSPS) is 10.2. The lowest BCUT2D eigenvalue weighted by Crippen LogP contribution is -2.13. The third kappa shape index (κ3) is 2.68. The summed E-state index contributed by atoms with van der Waals surface area (Å²) in [5.41, 5.74) is 0. The predicted octanol–water partition coefficient (Wildman–Crippen LogP) is 1.50. The number of hydrogen-bond donors (Lipinski definition) is 6. The average molecular weight is 310 g/mol. The van der Waals surface area contributed by atoms with Crippen LogP contribution in [-0.4, -0.2) is 36.8 Å². The molecular weight excluding hydrogens is 300 g/mol. The SMILES string of the molecule is O=C(Oc1ccc(O)c(O)c1O)Oc1ccc(O)c(O)c1O. The molecular formula is C13H10O9. The summed E-state index contributed by atoms with van der Waals surface area (Å²) in [7, 11) is 0. The van der Waals surface area contributed by atoms with Crippen molar-refractivity contribution in [3.05, 3.63) is 24.3 Å². The second-order valence-corrected chi connectivity index (χ2v) is 4.01. The van der Waals surface area contributed by atoms with Gasteiger partial charge in [0.25, 0.3) is 0 Å². The molecule has 0 spiro atoms. The maximum atomic E-state index is 11.5. The number of benzene rings is 2. The molecule has 9 heteroatoms. The average Bonchev–Trinajstić information content (AvgIpc) is 2.48. The second kappa shape index (κ2) is 5.48. The predicted molar refractivity (Wildman–Crippen MR) is 69.5 cm³/mol. The molecule has 0 amide bonds. The van der Waals surface area contributed by atoms with Gasteiger partial charge in [0.1, 0.15) is 0 Å². The van der Waals surface area contributed by atoms with Crippen LogP contribution in [-0.2, 0) is 0 Å². The smallest absolute Gasteiger partial charge is 0.504 e. The molecule has 0 saturated carbocycles. The van der Waals surface area contributed by atoms with Crippen LogP contribution in [0.1, 0.15) is 0 Å². The number of rotatable bonds is 2. The molecule has 2 rings (SSSR count). The highest BCUT2D eigenvalue weighted by Gasteiger charge is 2.19. The van der Waals surface area contributed by atoms with Gasteiger partial charge in [0.05, 0.1) is 0 Å². The van der Waals surface area contributed by atoms with Gasteiger partial charge >= 0.3 is 6.16 Å². The molecule has 0 aromatic heterocycles. The summed E-state index contributed by atoms with van der Waals surface area (Å²) < 4.78 is 9.15. The second-order valence-electron chi connectivity index (χ2n) is 4.01. The van der Waals surface area contributed by atoms with Crippen LogP contribution in [0.2, 0.25) is 0 Å². The van der Waals surface area contributed by atoms with Gasteiger partial charge in [0.2, 0.25) is 23.0 Å². The fraction of sp³-hybridized carbons (Fsp3) is 0. The number of aromatic hydroxyl groups is 6. The molecule has 116 valence electrons. The van der Waals surface area contributed by atoms with E-state index in [1.165, 1.54) is 0 Å². The van der Waals surface area contributed by atoms with Crippen LogP contribution in [0.3, 0.4) is 0 Å². The van der Waals surface area contributed by atoms with Gasteiger partial charge in [-0.15, -0.1) is 0 Å². The van der Waals surface area contributed by atoms with Crippen LogP contribution in [0.4, 0.5) is 4.79 Å². The van der Waals surface area contributed by atoms with Gasteiger partial charge in [0.15, 0.2) is 23.0 Å². The Morgan fingerprint density at radius 3 is 1.36 bits per heavy atom. The first kappa shape index (κ1) is 14.9. The third-order valence-electron chi connectivity index (χ3n) is 2.57. The third-order valence-corrected chi connectivity index (χ3v) is 2.57. The Labute approximate surface area is 122 Å². The van der Waals surface area contributed by atoms with Crippen molar-refractivity contribution in [1.82, 2.24) is 0 Å². The Hall–Kier alpha value is -3.49. The van der Waals surface area contributed by atoms with E-state index in [1.54, 1.807) is 0 Å². The number of carbonyl (C=O) groups is 1. The Morgan fingerprint density at radius 1 is 0.636 bits per heavy atom. The van der Waals surface area contributed by atoms with Crippen molar-refractivity contribution < 1.29 is 44.9 Å². The standard InChI is InChI=1S/C13H10O9/c14-5-1-3-7(11(18)9(5)16)21-13(20)22-8-4-2-6(15)10(17)12(8)19/h1-4,14-19H. The highest BCUT2D eigenvalue weighted by Crippen LogP contribution is 2.43. The van der Waals surface area contributed by atoms with Gasteiger partial charge in [-0.3, -0.25) is 0 Å². The van der Waals surface area contributed by atoms with E-state index in [-0.39, 0.29) is 0 Å². The minimum atomic E-state index is -1.42. The molecule has 0 aliphatic rings. The van der Waals surface area contributed by atoms with Gasteiger partial charge in [-0.2, -0.15) is 0 Å². The molecule has 6 N–H and O–H groups in total. The summed E-state index contributed by atoms with van der Waals surface area (Å²) in [5.74, 6) is -5.85. The zero-order chi connectivity index (χ0) is 16.4.